The van der Waals surface area contributed by atoms with Gasteiger partial charge in [-0.25, -0.2) is 4.39 Å². The molecule has 0 bridgehead atoms. The molecular weight excluding hydrogens is 273 g/mol. The van der Waals surface area contributed by atoms with Crippen LogP contribution in [0.5, 0.6) is 0 Å². The molecule has 0 amide bonds. The number of halogens is 2. The molecule has 0 aromatic heterocycles. The van der Waals surface area contributed by atoms with Crippen molar-refractivity contribution in [2.45, 2.75) is 24.9 Å². The summed E-state index contributed by atoms with van der Waals surface area (Å²) in [7, 11) is 1.56. The minimum atomic E-state index is -0.217. The van der Waals surface area contributed by atoms with E-state index in [4.69, 9.17) is 10.5 Å². The molecular formula is C12H15BrFNO. The van der Waals surface area contributed by atoms with Crippen LogP contribution >= 0.6 is 15.9 Å². The van der Waals surface area contributed by atoms with Crippen LogP contribution < -0.4 is 5.73 Å². The van der Waals surface area contributed by atoms with E-state index in [1.165, 1.54) is 0 Å². The van der Waals surface area contributed by atoms with Gasteiger partial charge >= 0.3 is 0 Å². The lowest BCUT2D eigenvalue weighted by atomic mass is 9.95. The van der Waals surface area contributed by atoms with Gasteiger partial charge in [-0.1, -0.05) is 15.9 Å². The molecule has 2 rings (SSSR count). The molecule has 1 aliphatic rings. The van der Waals surface area contributed by atoms with Crippen LogP contribution in [0.4, 0.5) is 4.39 Å². The third kappa shape index (κ3) is 2.01. The topological polar surface area (TPSA) is 35.2 Å². The van der Waals surface area contributed by atoms with E-state index in [1.54, 1.807) is 13.2 Å². The number of rotatable bonds is 4. The van der Waals surface area contributed by atoms with E-state index >= 15 is 0 Å². The molecule has 0 spiro atoms. The number of ether oxygens (including phenoxy) is 1. The van der Waals surface area contributed by atoms with Crippen LogP contribution in [0, 0.1) is 5.82 Å². The molecule has 0 saturated heterocycles. The Kier molecular flexibility index (Phi) is 3.33. The summed E-state index contributed by atoms with van der Waals surface area (Å²) in [5.74, 6) is -0.217. The van der Waals surface area contributed by atoms with Crippen LogP contribution in [-0.2, 0) is 16.8 Å². The summed E-state index contributed by atoms with van der Waals surface area (Å²) < 4.78 is 19.6. The minimum absolute atomic E-state index is 0.0228. The Hall–Kier alpha value is -0.450. The van der Waals surface area contributed by atoms with Crippen molar-refractivity contribution in [3.05, 3.63) is 33.5 Å². The van der Waals surface area contributed by atoms with Gasteiger partial charge in [-0.15, -0.1) is 0 Å². The van der Waals surface area contributed by atoms with Crippen molar-refractivity contribution in [3.63, 3.8) is 0 Å². The summed E-state index contributed by atoms with van der Waals surface area (Å²) in [4.78, 5) is 0. The first-order valence-electron chi connectivity index (χ1n) is 5.30. The van der Waals surface area contributed by atoms with Crippen molar-refractivity contribution in [1.82, 2.24) is 0 Å². The molecule has 0 aliphatic heterocycles. The van der Waals surface area contributed by atoms with Gasteiger partial charge in [-0.3, -0.25) is 0 Å². The lowest BCUT2D eigenvalue weighted by molar-refractivity contribution is 0.181. The summed E-state index contributed by atoms with van der Waals surface area (Å²) in [5.41, 5.74) is 7.33. The predicted octanol–water partition coefficient (Wildman–Crippen LogP) is 2.72. The lowest BCUT2D eigenvalue weighted by Gasteiger charge is -2.15. The molecule has 0 atom stereocenters. The van der Waals surface area contributed by atoms with E-state index in [9.17, 15) is 4.39 Å². The van der Waals surface area contributed by atoms with Crippen LogP contribution in [0.2, 0.25) is 0 Å². The van der Waals surface area contributed by atoms with Gasteiger partial charge in [0.15, 0.2) is 0 Å². The molecule has 88 valence electrons. The quantitative estimate of drug-likeness (QED) is 0.924. The Bertz CT molecular complexity index is 381. The predicted molar refractivity (Wildman–Crippen MR) is 64.8 cm³/mol. The minimum Gasteiger partial charge on any atom is -0.380 e. The maximum Gasteiger partial charge on any atom is 0.130 e. The molecule has 1 aromatic carbocycles. The summed E-state index contributed by atoms with van der Waals surface area (Å²) in [6.45, 7) is 0.866. The number of methoxy groups -OCH3 is 1. The molecule has 4 heteroatoms. The maximum atomic E-state index is 13.8. The van der Waals surface area contributed by atoms with E-state index in [0.717, 1.165) is 22.9 Å². The highest BCUT2D eigenvalue weighted by Gasteiger charge is 2.43. The van der Waals surface area contributed by atoms with Gasteiger partial charge in [-0.05, 0) is 30.5 Å². The van der Waals surface area contributed by atoms with Crippen molar-refractivity contribution < 1.29 is 9.13 Å². The van der Waals surface area contributed by atoms with Crippen LogP contribution in [0.15, 0.2) is 16.6 Å². The van der Waals surface area contributed by atoms with Crippen LogP contribution in [0.25, 0.3) is 0 Å². The average Bonchev–Trinajstić information content (AvgIpc) is 3.04. The molecule has 2 N–H and O–H groups in total. The van der Waals surface area contributed by atoms with E-state index in [2.05, 4.69) is 15.9 Å². The van der Waals surface area contributed by atoms with Gasteiger partial charge in [-0.2, -0.15) is 0 Å². The molecule has 1 aromatic rings. The second kappa shape index (κ2) is 4.43. The third-order valence-corrected chi connectivity index (χ3v) is 3.99. The van der Waals surface area contributed by atoms with E-state index in [-0.39, 0.29) is 17.8 Å². The zero-order valence-corrected chi connectivity index (χ0v) is 10.8. The van der Waals surface area contributed by atoms with Gasteiger partial charge < -0.3 is 10.5 Å². The summed E-state index contributed by atoms with van der Waals surface area (Å²) >= 11 is 3.39. The second-order valence-corrected chi connectivity index (χ2v) is 5.19. The monoisotopic (exact) mass is 287 g/mol. The highest BCUT2D eigenvalue weighted by Crippen LogP contribution is 2.48. The van der Waals surface area contributed by atoms with Crippen molar-refractivity contribution >= 4 is 15.9 Å². The zero-order valence-electron chi connectivity index (χ0n) is 9.22. The summed E-state index contributed by atoms with van der Waals surface area (Å²) in [5, 5.41) is 0. The van der Waals surface area contributed by atoms with Crippen molar-refractivity contribution in [2.24, 2.45) is 5.73 Å². The average molecular weight is 288 g/mol. The summed E-state index contributed by atoms with van der Waals surface area (Å²) in [6, 6.07) is 3.57. The van der Waals surface area contributed by atoms with Gasteiger partial charge in [0.05, 0.1) is 6.61 Å². The fourth-order valence-corrected chi connectivity index (χ4v) is 2.50. The Balaban J connectivity index is 2.37. The second-order valence-electron chi connectivity index (χ2n) is 4.34. The first-order chi connectivity index (χ1) is 7.63. The Morgan fingerprint density at radius 1 is 1.50 bits per heavy atom. The molecule has 1 aliphatic carbocycles. The normalized spacial score (nSPS) is 17.5. The van der Waals surface area contributed by atoms with Crippen molar-refractivity contribution in [3.8, 4) is 0 Å². The third-order valence-electron chi connectivity index (χ3n) is 3.29. The number of hydrogen-bond acceptors (Lipinski definition) is 2. The van der Waals surface area contributed by atoms with Gasteiger partial charge in [0.1, 0.15) is 5.82 Å². The SMILES string of the molecule is COCc1c(F)cc(C2(CN)CC2)cc1Br. The zero-order chi connectivity index (χ0) is 11.8. The molecule has 16 heavy (non-hydrogen) atoms. The van der Waals surface area contributed by atoms with Crippen molar-refractivity contribution in [2.75, 3.05) is 13.7 Å². The van der Waals surface area contributed by atoms with Gasteiger partial charge in [0.2, 0.25) is 0 Å². The number of benzene rings is 1. The Labute approximate surface area is 103 Å². The molecule has 2 nitrogen and oxygen atoms in total. The van der Waals surface area contributed by atoms with Gasteiger partial charge in [0, 0.05) is 29.1 Å². The Morgan fingerprint density at radius 3 is 2.62 bits per heavy atom. The van der Waals surface area contributed by atoms with E-state index in [0.29, 0.717) is 12.1 Å². The first-order valence-corrected chi connectivity index (χ1v) is 6.10. The van der Waals surface area contributed by atoms with E-state index < -0.39 is 0 Å². The van der Waals surface area contributed by atoms with Crippen LogP contribution in [0.1, 0.15) is 24.0 Å². The number of hydrogen-bond donors (Lipinski definition) is 1. The fourth-order valence-electron chi connectivity index (χ4n) is 1.95. The fraction of sp³-hybridized carbons (Fsp3) is 0.500. The number of nitrogens with two attached hydrogens (primary N) is 1. The van der Waals surface area contributed by atoms with Crippen molar-refractivity contribution in [1.29, 1.82) is 0 Å². The highest BCUT2D eigenvalue weighted by atomic mass is 79.9. The highest BCUT2D eigenvalue weighted by molar-refractivity contribution is 9.10. The van der Waals surface area contributed by atoms with Gasteiger partial charge in [0.25, 0.3) is 0 Å². The Morgan fingerprint density at radius 2 is 2.19 bits per heavy atom. The lowest BCUT2D eigenvalue weighted by Crippen LogP contribution is -2.20. The summed E-state index contributed by atoms with van der Waals surface area (Å²) in [6.07, 6.45) is 2.11. The maximum absolute atomic E-state index is 13.8. The molecule has 0 unspecified atom stereocenters. The molecule has 0 heterocycles. The molecule has 1 saturated carbocycles. The van der Waals surface area contributed by atoms with Crippen LogP contribution in [0.3, 0.4) is 0 Å². The van der Waals surface area contributed by atoms with Crippen LogP contribution in [-0.4, -0.2) is 13.7 Å². The standard InChI is InChI=1S/C12H15BrFNO/c1-16-6-9-10(13)4-8(5-11(9)14)12(7-15)2-3-12/h4-5H,2-3,6-7,15H2,1H3. The first kappa shape index (κ1) is 12.0. The smallest absolute Gasteiger partial charge is 0.130 e. The van der Waals surface area contributed by atoms with E-state index in [1.807, 2.05) is 6.07 Å². The molecule has 1 fully saturated rings. The molecule has 0 radical (unpaired) electrons. The largest absolute Gasteiger partial charge is 0.380 e.